The Hall–Kier alpha value is -2.28. The second kappa shape index (κ2) is 8.80. The number of benzene rings is 1. The summed E-state index contributed by atoms with van der Waals surface area (Å²) >= 11 is 0. The molecule has 0 spiro atoms. The van der Waals surface area contributed by atoms with Crippen molar-refractivity contribution < 1.29 is 24.2 Å². The predicted octanol–water partition coefficient (Wildman–Crippen LogP) is 0.283. The summed E-state index contributed by atoms with van der Waals surface area (Å²) < 4.78 is 9.70. The summed E-state index contributed by atoms with van der Waals surface area (Å²) in [7, 11) is 2.98. The largest absolute Gasteiger partial charge is 0.504 e. The third-order valence-corrected chi connectivity index (χ3v) is 2.71. The van der Waals surface area contributed by atoms with Gasteiger partial charge in [0, 0.05) is 32.2 Å². The van der Waals surface area contributed by atoms with Crippen molar-refractivity contribution in [3.8, 4) is 11.5 Å². The minimum atomic E-state index is -0.363. The van der Waals surface area contributed by atoms with Crippen LogP contribution in [-0.2, 0) is 9.53 Å². The summed E-state index contributed by atoms with van der Waals surface area (Å²) in [6.45, 7) is 1.10. The Balaban J connectivity index is 2.37. The summed E-state index contributed by atoms with van der Waals surface area (Å²) in [5, 5.41) is 14.8. The van der Waals surface area contributed by atoms with Crippen LogP contribution in [0.15, 0.2) is 18.2 Å². The average Bonchev–Trinajstić information content (AvgIpc) is 2.47. The Bertz CT molecular complexity index is 490. The lowest BCUT2D eigenvalue weighted by Crippen LogP contribution is -2.32. The second-order valence-corrected chi connectivity index (χ2v) is 4.24. The average molecular weight is 296 g/mol. The lowest BCUT2D eigenvalue weighted by atomic mass is 10.2. The molecule has 0 fully saturated rings. The highest BCUT2D eigenvalue weighted by atomic mass is 16.5. The maximum Gasteiger partial charge on any atom is 0.251 e. The van der Waals surface area contributed by atoms with E-state index in [0.29, 0.717) is 24.5 Å². The fourth-order valence-corrected chi connectivity index (χ4v) is 1.60. The third kappa shape index (κ3) is 5.70. The van der Waals surface area contributed by atoms with E-state index in [0.717, 1.165) is 0 Å². The van der Waals surface area contributed by atoms with E-state index in [1.54, 1.807) is 7.11 Å². The van der Waals surface area contributed by atoms with E-state index in [4.69, 9.17) is 9.47 Å². The molecule has 1 rings (SSSR count). The molecule has 1 aromatic rings. The highest BCUT2D eigenvalue weighted by molar-refractivity contribution is 5.95. The van der Waals surface area contributed by atoms with Crippen molar-refractivity contribution in [2.75, 3.05) is 33.9 Å². The molecule has 7 heteroatoms. The molecule has 0 aliphatic carbocycles. The van der Waals surface area contributed by atoms with Gasteiger partial charge in [0.25, 0.3) is 5.91 Å². The van der Waals surface area contributed by atoms with Crippen LogP contribution >= 0.6 is 0 Å². The first-order valence-electron chi connectivity index (χ1n) is 6.49. The summed E-state index contributed by atoms with van der Waals surface area (Å²) in [6.07, 6.45) is 0.178. The zero-order valence-electron chi connectivity index (χ0n) is 12.1. The first kappa shape index (κ1) is 16.8. The zero-order valence-corrected chi connectivity index (χ0v) is 12.1. The molecule has 0 radical (unpaired) electrons. The number of hydrogen-bond acceptors (Lipinski definition) is 5. The molecule has 0 aliphatic heterocycles. The van der Waals surface area contributed by atoms with Gasteiger partial charge in [-0.1, -0.05) is 0 Å². The van der Waals surface area contributed by atoms with Gasteiger partial charge in [-0.3, -0.25) is 9.59 Å². The summed E-state index contributed by atoms with van der Waals surface area (Å²) in [4.78, 5) is 23.2. The van der Waals surface area contributed by atoms with Gasteiger partial charge in [0.05, 0.1) is 13.7 Å². The lowest BCUT2D eigenvalue weighted by molar-refractivity contribution is -0.121. The van der Waals surface area contributed by atoms with Crippen LogP contribution in [0.4, 0.5) is 0 Å². The summed E-state index contributed by atoms with van der Waals surface area (Å²) in [5.74, 6) is -0.339. The normalized spacial score (nSPS) is 10.0. The number of phenols is 1. The van der Waals surface area contributed by atoms with Crippen LogP contribution in [0.25, 0.3) is 0 Å². The van der Waals surface area contributed by atoms with Gasteiger partial charge >= 0.3 is 0 Å². The molecule has 21 heavy (non-hydrogen) atoms. The molecule has 3 N–H and O–H groups in total. The van der Waals surface area contributed by atoms with E-state index in [1.807, 2.05) is 0 Å². The molecule has 2 amide bonds. The first-order chi connectivity index (χ1) is 10.1. The smallest absolute Gasteiger partial charge is 0.251 e. The third-order valence-electron chi connectivity index (χ3n) is 2.71. The number of ether oxygens (including phenoxy) is 2. The Morgan fingerprint density at radius 2 is 1.95 bits per heavy atom. The van der Waals surface area contributed by atoms with Crippen LogP contribution in [0.3, 0.4) is 0 Å². The van der Waals surface area contributed by atoms with E-state index < -0.39 is 0 Å². The SMILES string of the molecule is COCCNC(=O)CCNC(=O)c1ccc(OC)c(O)c1. The van der Waals surface area contributed by atoms with Gasteiger partial charge in [-0.25, -0.2) is 0 Å². The van der Waals surface area contributed by atoms with Gasteiger partial charge in [0.1, 0.15) is 0 Å². The Morgan fingerprint density at radius 1 is 1.19 bits per heavy atom. The molecule has 0 aliphatic rings. The lowest BCUT2D eigenvalue weighted by Gasteiger charge is -2.08. The maximum atomic E-state index is 11.8. The van der Waals surface area contributed by atoms with Gasteiger partial charge in [0.15, 0.2) is 11.5 Å². The van der Waals surface area contributed by atoms with Gasteiger partial charge in [-0.15, -0.1) is 0 Å². The van der Waals surface area contributed by atoms with E-state index in [1.165, 1.54) is 25.3 Å². The van der Waals surface area contributed by atoms with Crippen LogP contribution in [0.1, 0.15) is 16.8 Å². The Labute approximate surface area is 123 Å². The van der Waals surface area contributed by atoms with Gasteiger partial charge in [0.2, 0.25) is 5.91 Å². The van der Waals surface area contributed by atoms with E-state index >= 15 is 0 Å². The highest BCUT2D eigenvalue weighted by Crippen LogP contribution is 2.25. The van der Waals surface area contributed by atoms with Crippen LogP contribution in [0.5, 0.6) is 11.5 Å². The number of amides is 2. The molecule has 0 aromatic heterocycles. The topological polar surface area (TPSA) is 96.9 Å². The molecule has 0 atom stereocenters. The number of phenolic OH excluding ortho intramolecular Hbond substituents is 1. The zero-order chi connectivity index (χ0) is 15.7. The van der Waals surface area contributed by atoms with E-state index in [9.17, 15) is 14.7 Å². The van der Waals surface area contributed by atoms with Crippen molar-refractivity contribution in [1.29, 1.82) is 0 Å². The number of methoxy groups -OCH3 is 2. The number of nitrogens with one attached hydrogen (secondary N) is 2. The minimum absolute atomic E-state index is 0.109. The Kier molecular flexibility index (Phi) is 7.03. The monoisotopic (exact) mass is 296 g/mol. The quantitative estimate of drug-likeness (QED) is 0.599. The number of carbonyl (C=O) groups is 2. The van der Waals surface area contributed by atoms with Crippen molar-refractivity contribution in [2.45, 2.75) is 6.42 Å². The van der Waals surface area contributed by atoms with Crippen molar-refractivity contribution >= 4 is 11.8 Å². The van der Waals surface area contributed by atoms with Crippen LogP contribution < -0.4 is 15.4 Å². The standard InChI is InChI=1S/C14H20N2O5/c1-20-8-7-15-13(18)5-6-16-14(19)10-3-4-12(21-2)11(17)9-10/h3-4,9,17H,5-8H2,1-2H3,(H,15,18)(H,16,19). The molecule has 0 heterocycles. The fraction of sp³-hybridized carbons (Fsp3) is 0.429. The van der Waals surface area contributed by atoms with Crippen molar-refractivity contribution in [3.05, 3.63) is 23.8 Å². The number of hydrogen-bond donors (Lipinski definition) is 3. The van der Waals surface area contributed by atoms with Gasteiger partial charge < -0.3 is 25.2 Å². The summed E-state index contributed by atoms with van der Waals surface area (Å²) in [6, 6.07) is 4.35. The molecule has 0 bridgehead atoms. The summed E-state index contributed by atoms with van der Waals surface area (Å²) in [5.41, 5.74) is 0.299. The number of carbonyl (C=O) groups excluding carboxylic acids is 2. The number of rotatable bonds is 8. The van der Waals surface area contributed by atoms with E-state index in [2.05, 4.69) is 10.6 Å². The van der Waals surface area contributed by atoms with Crippen LogP contribution in [0, 0.1) is 0 Å². The van der Waals surface area contributed by atoms with Crippen molar-refractivity contribution in [3.63, 3.8) is 0 Å². The highest BCUT2D eigenvalue weighted by Gasteiger charge is 2.09. The molecule has 7 nitrogen and oxygen atoms in total. The molecule has 116 valence electrons. The molecule has 0 saturated carbocycles. The van der Waals surface area contributed by atoms with Crippen LogP contribution in [-0.4, -0.2) is 50.8 Å². The van der Waals surface area contributed by atoms with E-state index in [-0.39, 0.29) is 30.5 Å². The minimum Gasteiger partial charge on any atom is -0.504 e. The van der Waals surface area contributed by atoms with Crippen LogP contribution in [0.2, 0.25) is 0 Å². The maximum absolute atomic E-state index is 11.8. The predicted molar refractivity (Wildman–Crippen MR) is 76.5 cm³/mol. The second-order valence-electron chi connectivity index (χ2n) is 4.24. The molecular weight excluding hydrogens is 276 g/mol. The van der Waals surface area contributed by atoms with Crippen molar-refractivity contribution in [2.24, 2.45) is 0 Å². The fourth-order valence-electron chi connectivity index (χ4n) is 1.60. The first-order valence-corrected chi connectivity index (χ1v) is 6.49. The van der Waals surface area contributed by atoms with Gasteiger partial charge in [-0.2, -0.15) is 0 Å². The Morgan fingerprint density at radius 3 is 2.57 bits per heavy atom. The molecule has 0 saturated heterocycles. The van der Waals surface area contributed by atoms with Crippen molar-refractivity contribution in [1.82, 2.24) is 10.6 Å². The molecule has 1 aromatic carbocycles. The van der Waals surface area contributed by atoms with Gasteiger partial charge in [-0.05, 0) is 18.2 Å². The molecular formula is C14H20N2O5. The molecule has 0 unspecified atom stereocenters. The number of aromatic hydroxyl groups is 1.